The van der Waals surface area contributed by atoms with E-state index in [-0.39, 0.29) is 6.04 Å². The van der Waals surface area contributed by atoms with Gasteiger partial charge >= 0.3 is 0 Å². The average Bonchev–Trinajstić information content (AvgIpc) is 2.34. The van der Waals surface area contributed by atoms with Gasteiger partial charge < -0.3 is 10.5 Å². The molecule has 0 aromatic heterocycles. The van der Waals surface area contributed by atoms with Gasteiger partial charge in [0.25, 0.3) is 0 Å². The third-order valence-corrected chi connectivity index (χ3v) is 3.35. The van der Waals surface area contributed by atoms with Gasteiger partial charge in [-0.2, -0.15) is 0 Å². The van der Waals surface area contributed by atoms with E-state index in [4.69, 9.17) is 10.5 Å². The van der Waals surface area contributed by atoms with E-state index in [1.54, 1.807) is 0 Å². The first-order valence-corrected chi connectivity index (χ1v) is 7.06. The zero-order chi connectivity index (χ0) is 14.7. The molecule has 0 fully saturated rings. The van der Waals surface area contributed by atoms with E-state index in [0.29, 0.717) is 0 Å². The zero-order valence-corrected chi connectivity index (χ0v) is 12.7. The van der Waals surface area contributed by atoms with Crippen LogP contribution in [-0.2, 0) is 6.42 Å². The van der Waals surface area contributed by atoms with E-state index in [1.807, 2.05) is 19.1 Å². The molecule has 0 amide bonds. The number of hydrogen-bond acceptors (Lipinski definition) is 2. The minimum absolute atomic E-state index is 0.181. The van der Waals surface area contributed by atoms with Crippen LogP contribution < -0.4 is 10.5 Å². The van der Waals surface area contributed by atoms with Gasteiger partial charge in [0.1, 0.15) is 11.5 Å². The second kappa shape index (κ2) is 6.10. The number of rotatable bonds is 4. The minimum atomic E-state index is 0.181. The molecule has 0 heterocycles. The molecule has 1 atom stereocenters. The van der Waals surface area contributed by atoms with E-state index >= 15 is 0 Å². The van der Waals surface area contributed by atoms with E-state index in [0.717, 1.165) is 29.0 Å². The molecule has 2 heteroatoms. The van der Waals surface area contributed by atoms with Crippen molar-refractivity contribution < 1.29 is 4.74 Å². The number of nitrogens with two attached hydrogens (primary N) is 1. The van der Waals surface area contributed by atoms with Crippen LogP contribution in [0.3, 0.4) is 0 Å². The van der Waals surface area contributed by atoms with Gasteiger partial charge in [-0.15, -0.1) is 0 Å². The van der Waals surface area contributed by atoms with Crippen molar-refractivity contribution in [3.63, 3.8) is 0 Å². The average molecular weight is 269 g/mol. The third-order valence-electron chi connectivity index (χ3n) is 3.35. The Kier molecular flexibility index (Phi) is 4.46. The molecule has 0 radical (unpaired) electrons. The van der Waals surface area contributed by atoms with Crippen LogP contribution in [0.1, 0.15) is 29.2 Å². The normalized spacial score (nSPS) is 12.2. The quantitative estimate of drug-likeness (QED) is 0.898. The lowest BCUT2D eigenvalue weighted by Gasteiger charge is -2.13. The molecule has 2 aromatic carbocycles. The van der Waals surface area contributed by atoms with E-state index in [1.165, 1.54) is 11.1 Å². The zero-order valence-electron chi connectivity index (χ0n) is 12.7. The van der Waals surface area contributed by atoms with Gasteiger partial charge in [-0.25, -0.2) is 0 Å². The molecule has 0 spiro atoms. The standard InChI is InChI=1S/C18H23NO/c1-12-5-7-17(13(2)9-12)20-18-8-6-16(10-14(18)3)11-15(4)19/h5-10,15H,11,19H2,1-4H3. The molecule has 2 rings (SSSR count). The maximum atomic E-state index is 6.02. The van der Waals surface area contributed by atoms with Crippen molar-refractivity contribution >= 4 is 0 Å². The van der Waals surface area contributed by atoms with Crippen molar-refractivity contribution in [3.05, 3.63) is 58.7 Å². The molecule has 0 aliphatic heterocycles. The Hall–Kier alpha value is -1.80. The summed E-state index contributed by atoms with van der Waals surface area (Å²) >= 11 is 0. The van der Waals surface area contributed by atoms with Gasteiger partial charge in [0, 0.05) is 6.04 Å². The lowest BCUT2D eigenvalue weighted by molar-refractivity contribution is 0.474. The van der Waals surface area contributed by atoms with Crippen molar-refractivity contribution in [2.45, 2.75) is 40.2 Å². The SMILES string of the molecule is Cc1ccc(Oc2ccc(CC(C)N)cc2C)c(C)c1. The molecular formula is C18H23NO. The fraction of sp³-hybridized carbons (Fsp3) is 0.333. The number of hydrogen-bond donors (Lipinski definition) is 1. The summed E-state index contributed by atoms with van der Waals surface area (Å²) in [6.45, 7) is 8.26. The largest absolute Gasteiger partial charge is 0.457 e. The summed E-state index contributed by atoms with van der Waals surface area (Å²) in [5, 5.41) is 0. The molecule has 1 unspecified atom stereocenters. The highest BCUT2D eigenvalue weighted by atomic mass is 16.5. The van der Waals surface area contributed by atoms with Gasteiger partial charge in [-0.3, -0.25) is 0 Å². The lowest BCUT2D eigenvalue weighted by Crippen LogP contribution is -2.17. The number of aryl methyl sites for hydroxylation is 3. The van der Waals surface area contributed by atoms with Crippen LogP contribution in [0.5, 0.6) is 11.5 Å². The maximum Gasteiger partial charge on any atom is 0.130 e. The molecule has 20 heavy (non-hydrogen) atoms. The molecule has 0 aliphatic carbocycles. The lowest BCUT2D eigenvalue weighted by atomic mass is 10.0. The predicted octanol–water partition coefficient (Wildman–Crippen LogP) is 4.29. The van der Waals surface area contributed by atoms with Crippen LogP contribution in [0, 0.1) is 20.8 Å². The predicted molar refractivity (Wildman–Crippen MR) is 84.5 cm³/mol. The molecule has 2 nitrogen and oxygen atoms in total. The summed E-state index contributed by atoms with van der Waals surface area (Å²) in [7, 11) is 0. The van der Waals surface area contributed by atoms with Crippen LogP contribution >= 0.6 is 0 Å². The van der Waals surface area contributed by atoms with Crippen LogP contribution in [0.25, 0.3) is 0 Å². The first kappa shape index (κ1) is 14.6. The molecule has 2 aromatic rings. The Balaban J connectivity index is 2.21. The Morgan fingerprint density at radius 3 is 2.10 bits per heavy atom. The van der Waals surface area contributed by atoms with Gasteiger partial charge in [0.05, 0.1) is 0 Å². The van der Waals surface area contributed by atoms with Crippen molar-refractivity contribution in [2.24, 2.45) is 5.73 Å². The molecule has 0 saturated heterocycles. The maximum absolute atomic E-state index is 6.02. The van der Waals surface area contributed by atoms with Gasteiger partial charge in [0.2, 0.25) is 0 Å². The Morgan fingerprint density at radius 2 is 1.55 bits per heavy atom. The summed E-state index contributed by atoms with van der Waals surface area (Å²) in [6.07, 6.45) is 0.894. The van der Waals surface area contributed by atoms with Crippen molar-refractivity contribution in [3.8, 4) is 11.5 Å². The fourth-order valence-corrected chi connectivity index (χ4v) is 2.36. The summed E-state index contributed by atoms with van der Waals surface area (Å²) in [6, 6.07) is 12.7. The highest BCUT2D eigenvalue weighted by Gasteiger charge is 2.06. The minimum Gasteiger partial charge on any atom is -0.457 e. The Morgan fingerprint density at radius 1 is 0.950 bits per heavy atom. The van der Waals surface area contributed by atoms with Crippen LogP contribution in [0.15, 0.2) is 36.4 Å². The van der Waals surface area contributed by atoms with Crippen molar-refractivity contribution in [1.29, 1.82) is 0 Å². The summed E-state index contributed by atoms with van der Waals surface area (Å²) < 4.78 is 6.02. The molecule has 0 saturated carbocycles. The summed E-state index contributed by atoms with van der Waals surface area (Å²) in [5.74, 6) is 1.82. The highest BCUT2D eigenvalue weighted by molar-refractivity contribution is 5.43. The van der Waals surface area contributed by atoms with Crippen LogP contribution in [0.2, 0.25) is 0 Å². The fourth-order valence-electron chi connectivity index (χ4n) is 2.36. The van der Waals surface area contributed by atoms with Crippen LogP contribution in [0.4, 0.5) is 0 Å². The first-order valence-electron chi connectivity index (χ1n) is 7.06. The molecule has 106 valence electrons. The van der Waals surface area contributed by atoms with Gasteiger partial charge in [0.15, 0.2) is 0 Å². The second-order valence-corrected chi connectivity index (χ2v) is 5.65. The Bertz CT molecular complexity index is 602. The van der Waals surface area contributed by atoms with E-state index in [2.05, 4.69) is 45.0 Å². The summed E-state index contributed by atoms with van der Waals surface area (Å²) in [4.78, 5) is 0. The highest BCUT2D eigenvalue weighted by Crippen LogP contribution is 2.28. The van der Waals surface area contributed by atoms with Gasteiger partial charge in [-0.1, -0.05) is 29.8 Å². The van der Waals surface area contributed by atoms with Crippen molar-refractivity contribution in [1.82, 2.24) is 0 Å². The van der Waals surface area contributed by atoms with Crippen LogP contribution in [-0.4, -0.2) is 6.04 Å². The monoisotopic (exact) mass is 269 g/mol. The molecular weight excluding hydrogens is 246 g/mol. The molecule has 0 bridgehead atoms. The van der Waals surface area contributed by atoms with Crippen molar-refractivity contribution in [2.75, 3.05) is 0 Å². The first-order chi connectivity index (χ1) is 9.45. The topological polar surface area (TPSA) is 35.2 Å². The molecule has 2 N–H and O–H groups in total. The third kappa shape index (κ3) is 3.61. The van der Waals surface area contributed by atoms with E-state index in [9.17, 15) is 0 Å². The Labute approximate surface area is 121 Å². The number of benzene rings is 2. The smallest absolute Gasteiger partial charge is 0.130 e. The second-order valence-electron chi connectivity index (χ2n) is 5.65. The molecule has 0 aliphatic rings. The summed E-state index contributed by atoms with van der Waals surface area (Å²) in [5.41, 5.74) is 10.6. The van der Waals surface area contributed by atoms with Gasteiger partial charge in [-0.05, 0) is 62.9 Å². The number of ether oxygens (including phenoxy) is 1. The van der Waals surface area contributed by atoms with E-state index < -0.39 is 0 Å².